The smallest absolute Gasteiger partial charge is 0.182 e. The second kappa shape index (κ2) is 7.21. The van der Waals surface area contributed by atoms with Crippen LogP contribution in [0.5, 0.6) is 0 Å². The van der Waals surface area contributed by atoms with Crippen LogP contribution >= 0.6 is 15.9 Å². The van der Waals surface area contributed by atoms with E-state index in [9.17, 15) is 12.8 Å². The van der Waals surface area contributed by atoms with Crippen LogP contribution in [0.2, 0.25) is 0 Å². The predicted molar refractivity (Wildman–Crippen MR) is 94.5 cm³/mol. The van der Waals surface area contributed by atoms with Crippen molar-refractivity contribution in [2.75, 3.05) is 31.2 Å². The molecule has 0 spiro atoms. The average molecular weight is 414 g/mol. The summed E-state index contributed by atoms with van der Waals surface area (Å²) in [7, 11) is -3.52. The van der Waals surface area contributed by atoms with Gasteiger partial charge in [-0.15, -0.1) is 0 Å². The number of anilines is 1. The molecule has 1 aliphatic rings. The Morgan fingerprint density at radius 1 is 1.08 bits per heavy atom. The van der Waals surface area contributed by atoms with Crippen molar-refractivity contribution in [3.05, 3.63) is 58.3 Å². The van der Waals surface area contributed by atoms with Gasteiger partial charge in [-0.05, 0) is 35.9 Å². The lowest BCUT2D eigenvalue weighted by atomic mass is 10.2. The van der Waals surface area contributed by atoms with E-state index in [-0.39, 0.29) is 16.5 Å². The maximum atomic E-state index is 13.0. The number of hydrogen-bond donors (Lipinski definition) is 0. The van der Waals surface area contributed by atoms with Crippen molar-refractivity contribution in [2.45, 2.75) is 10.6 Å². The van der Waals surface area contributed by atoms with Gasteiger partial charge in [-0.2, -0.15) is 0 Å². The van der Waals surface area contributed by atoms with Crippen LogP contribution in [0.1, 0.15) is 5.56 Å². The van der Waals surface area contributed by atoms with E-state index >= 15 is 0 Å². The van der Waals surface area contributed by atoms with E-state index in [1.807, 2.05) is 6.07 Å². The van der Waals surface area contributed by atoms with E-state index < -0.39 is 9.84 Å². The van der Waals surface area contributed by atoms with Gasteiger partial charge in [0.15, 0.2) is 9.84 Å². The lowest BCUT2D eigenvalue weighted by molar-refractivity contribution is 0.122. The third-order valence-corrected chi connectivity index (χ3v) is 5.99. The monoisotopic (exact) mass is 413 g/mol. The van der Waals surface area contributed by atoms with Crippen LogP contribution in [0.4, 0.5) is 10.1 Å². The Kier molecular flexibility index (Phi) is 5.22. The number of ether oxygens (including phenoxy) is 1. The summed E-state index contributed by atoms with van der Waals surface area (Å²) < 4.78 is 44.5. The molecule has 1 heterocycles. The Labute approximate surface area is 149 Å². The normalized spacial score (nSPS) is 15.5. The Morgan fingerprint density at radius 2 is 1.75 bits per heavy atom. The number of hydrogen-bond acceptors (Lipinski definition) is 4. The minimum atomic E-state index is -3.52. The molecule has 0 bridgehead atoms. The molecule has 4 nitrogen and oxygen atoms in total. The third-order valence-electron chi connectivity index (χ3n) is 3.86. The molecule has 0 aromatic heterocycles. The molecule has 0 N–H and O–H groups in total. The van der Waals surface area contributed by atoms with Crippen molar-refractivity contribution in [3.8, 4) is 0 Å². The highest BCUT2D eigenvalue weighted by atomic mass is 79.9. The summed E-state index contributed by atoms with van der Waals surface area (Å²) in [6, 6.07) is 10.7. The first-order valence-corrected chi connectivity index (χ1v) is 9.99. The van der Waals surface area contributed by atoms with E-state index in [1.165, 1.54) is 24.3 Å². The average Bonchev–Trinajstić information content (AvgIpc) is 2.57. The van der Waals surface area contributed by atoms with Gasteiger partial charge in [0, 0.05) is 23.2 Å². The molecule has 0 unspecified atom stereocenters. The highest BCUT2D eigenvalue weighted by Crippen LogP contribution is 2.28. The lowest BCUT2D eigenvalue weighted by Gasteiger charge is -2.29. The van der Waals surface area contributed by atoms with Crippen LogP contribution in [0.25, 0.3) is 0 Å². The standard InChI is InChI=1S/C17H17BrFNO3S/c18-14-9-16(20-5-7-23-8-6-20)11-17(10-14)24(21,22)12-13-1-3-15(19)4-2-13/h1-4,9-11H,5-8,12H2. The number of rotatable bonds is 4. The summed E-state index contributed by atoms with van der Waals surface area (Å²) in [5.74, 6) is -0.542. The summed E-state index contributed by atoms with van der Waals surface area (Å²) in [6.07, 6.45) is 0. The maximum Gasteiger partial charge on any atom is 0.182 e. The Morgan fingerprint density at radius 3 is 2.42 bits per heavy atom. The Bertz CT molecular complexity index is 818. The van der Waals surface area contributed by atoms with Crippen LogP contribution in [0.3, 0.4) is 0 Å². The molecule has 1 fully saturated rings. The Balaban J connectivity index is 1.89. The van der Waals surface area contributed by atoms with E-state index in [0.717, 1.165) is 18.8 Å². The molecule has 0 amide bonds. The molecule has 0 aliphatic carbocycles. The van der Waals surface area contributed by atoms with Crippen molar-refractivity contribution in [1.82, 2.24) is 0 Å². The van der Waals surface area contributed by atoms with Crippen molar-refractivity contribution in [2.24, 2.45) is 0 Å². The first kappa shape index (κ1) is 17.4. The van der Waals surface area contributed by atoms with Crippen LogP contribution in [0, 0.1) is 5.82 Å². The summed E-state index contributed by atoms with van der Waals surface area (Å²) in [5.41, 5.74) is 1.41. The third kappa shape index (κ3) is 4.15. The van der Waals surface area contributed by atoms with Gasteiger partial charge in [-0.25, -0.2) is 12.8 Å². The van der Waals surface area contributed by atoms with Gasteiger partial charge in [0.05, 0.1) is 23.9 Å². The van der Waals surface area contributed by atoms with Gasteiger partial charge in [-0.3, -0.25) is 0 Å². The summed E-state index contributed by atoms with van der Waals surface area (Å²) in [6.45, 7) is 2.72. The molecule has 2 aromatic carbocycles. The predicted octanol–water partition coefficient (Wildman–Crippen LogP) is 3.40. The van der Waals surface area contributed by atoms with Crippen molar-refractivity contribution < 1.29 is 17.5 Å². The van der Waals surface area contributed by atoms with Crippen LogP contribution < -0.4 is 4.90 Å². The number of nitrogens with zero attached hydrogens (tertiary/aromatic N) is 1. The fourth-order valence-electron chi connectivity index (χ4n) is 2.61. The number of benzene rings is 2. The zero-order valence-corrected chi connectivity index (χ0v) is 15.3. The minimum absolute atomic E-state index is 0.160. The van der Waals surface area contributed by atoms with Gasteiger partial charge in [-0.1, -0.05) is 28.1 Å². The molecule has 1 aliphatic heterocycles. The van der Waals surface area contributed by atoms with Gasteiger partial charge >= 0.3 is 0 Å². The first-order chi connectivity index (χ1) is 11.4. The molecule has 128 valence electrons. The van der Waals surface area contributed by atoms with Gasteiger partial charge in [0.2, 0.25) is 0 Å². The second-order valence-corrected chi connectivity index (χ2v) is 8.54. The van der Waals surface area contributed by atoms with Crippen molar-refractivity contribution >= 4 is 31.5 Å². The highest BCUT2D eigenvalue weighted by Gasteiger charge is 2.19. The summed E-state index contributed by atoms with van der Waals surface area (Å²) in [5, 5.41) is 0. The van der Waals surface area contributed by atoms with Crippen LogP contribution in [0.15, 0.2) is 51.8 Å². The maximum absolute atomic E-state index is 13.0. The molecule has 7 heteroatoms. The minimum Gasteiger partial charge on any atom is -0.378 e. The summed E-state index contributed by atoms with van der Waals surface area (Å²) in [4.78, 5) is 2.35. The van der Waals surface area contributed by atoms with Crippen LogP contribution in [-0.4, -0.2) is 34.7 Å². The van der Waals surface area contributed by atoms with E-state index in [1.54, 1.807) is 12.1 Å². The fourth-order valence-corrected chi connectivity index (χ4v) is 4.65. The zero-order valence-electron chi connectivity index (χ0n) is 12.9. The topological polar surface area (TPSA) is 46.6 Å². The summed E-state index contributed by atoms with van der Waals surface area (Å²) >= 11 is 3.40. The van der Waals surface area contributed by atoms with Crippen molar-refractivity contribution in [1.29, 1.82) is 0 Å². The molecule has 1 saturated heterocycles. The lowest BCUT2D eigenvalue weighted by Crippen LogP contribution is -2.36. The molecule has 24 heavy (non-hydrogen) atoms. The van der Waals surface area contributed by atoms with Gasteiger partial charge in [0.25, 0.3) is 0 Å². The molecule has 2 aromatic rings. The van der Waals surface area contributed by atoms with Gasteiger partial charge in [0.1, 0.15) is 5.82 Å². The molecule has 0 saturated carbocycles. The van der Waals surface area contributed by atoms with Crippen molar-refractivity contribution in [3.63, 3.8) is 0 Å². The number of morpholine rings is 1. The molecule has 0 radical (unpaired) electrons. The van der Waals surface area contributed by atoms with E-state index in [0.29, 0.717) is 23.2 Å². The zero-order chi connectivity index (χ0) is 17.2. The van der Waals surface area contributed by atoms with Crippen LogP contribution in [-0.2, 0) is 20.3 Å². The van der Waals surface area contributed by atoms with Gasteiger partial charge < -0.3 is 9.64 Å². The fraction of sp³-hybridized carbons (Fsp3) is 0.294. The quantitative estimate of drug-likeness (QED) is 0.770. The molecular weight excluding hydrogens is 397 g/mol. The molecule has 3 rings (SSSR count). The number of halogens is 2. The molecular formula is C17H17BrFNO3S. The largest absolute Gasteiger partial charge is 0.378 e. The molecule has 0 atom stereocenters. The number of sulfone groups is 1. The second-order valence-electron chi connectivity index (χ2n) is 5.63. The first-order valence-electron chi connectivity index (χ1n) is 7.54. The van der Waals surface area contributed by atoms with E-state index in [2.05, 4.69) is 20.8 Å². The SMILES string of the molecule is O=S(=O)(Cc1ccc(F)cc1)c1cc(Br)cc(N2CCOCC2)c1. The highest BCUT2D eigenvalue weighted by molar-refractivity contribution is 9.10. The van der Waals surface area contributed by atoms with E-state index in [4.69, 9.17) is 4.74 Å². The Hall–Kier alpha value is -1.44.